The number of aromatic nitrogens is 3. The summed E-state index contributed by atoms with van der Waals surface area (Å²) in [6.45, 7) is 5.86. The minimum absolute atomic E-state index is 0.0382. The van der Waals surface area contributed by atoms with Gasteiger partial charge in [-0.1, -0.05) is 29.8 Å². The van der Waals surface area contributed by atoms with Gasteiger partial charge < -0.3 is 19.6 Å². The molecule has 1 aliphatic heterocycles. The third kappa shape index (κ3) is 4.95. The molecule has 0 aliphatic carbocycles. The van der Waals surface area contributed by atoms with E-state index < -0.39 is 28.8 Å². The number of fused-ring (bicyclic) bond motifs is 1. The van der Waals surface area contributed by atoms with Gasteiger partial charge in [0.05, 0.1) is 29.1 Å². The summed E-state index contributed by atoms with van der Waals surface area (Å²) in [6.07, 6.45) is 3.62. The lowest BCUT2D eigenvalue weighted by molar-refractivity contribution is -0.125. The molecule has 3 aromatic heterocycles. The lowest BCUT2D eigenvalue weighted by Crippen LogP contribution is -2.54. The van der Waals surface area contributed by atoms with Gasteiger partial charge in [0.15, 0.2) is 0 Å². The molecule has 1 atom stereocenters. The van der Waals surface area contributed by atoms with E-state index in [-0.39, 0.29) is 18.0 Å². The highest BCUT2D eigenvalue weighted by atomic mass is 35.5. The minimum Gasteiger partial charge on any atom is -0.444 e. The number of carbonyl (C=O) groups excluding carboxylic acids is 1. The van der Waals surface area contributed by atoms with Crippen molar-refractivity contribution in [1.82, 2.24) is 14.1 Å². The van der Waals surface area contributed by atoms with Crippen LogP contribution >= 0.6 is 22.9 Å². The Morgan fingerprint density at radius 1 is 1.28 bits per heavy atom. The van der Waals surface area contributed by atoms with Crippen molar-refractivity contribution >= 4 is 39.1 Å². The number of primary amides is 1. The molecule has 206 valence electrons. The van der Waals surface area contributed by atoms with Crippen LogP contribution in [-0.4, -0.2) is 39.3 Å². The molecular formula is C27H29ClN4O6S. The van der Waals surface area contributed by atoms with E-state index in [1.807, 2.05) is 18.2 Å². The Kier molecular flexibility index (Phi) is 7.51. The average molecular weight is 573 g/mol. The number of rotatable bonds is 8. The molecule has 1 amide bonds. The van der Waals surface area contributed by atoms with Gasteiger partial charge in [-0.15, -0.1) is 11.3 Å². The Morgan fingerprint density at radius 2 is 2.00 bits per heavy atom. The van der Waals surface area contributed by atoms with Gasteiger partial charge >= 0.3 is 5.69 Å². The van der Waals surface area contributed by atoms with Crippen molar-refractivity contribution in [3.8, 4) is 10.8 Å². The van der Waals surface area contributed by atoms with Gasteiger partial charge in [-0.25, -0.2) is 14.3 Å². The fourth-order valence-corrected chi connectivity index (χ4v) is 6.31. The summed E-state index contributed by atoms with van der Waals surface area (Å²) in [7, 11) is 0. The summed E-state index contributed by atoms with van der Waals surface area (Å²) in [5, 5.41) is 0.776. The van der Waals surface area contributed by atoms with Crippen LogP contribution in [0.1, 0.15) is 43.9 Å². The first kappa shape index (κ1) is 27.3. The highest BCUT2D eigenvalue weighted by molar-refractivity contribution is 7.22. The number of oxazole rings is 1. The predicted molar refractivity (Wildman–Crippen MR) is 148 cm³/mol. The maximum absolute atomic E-state index is 14.1. The van der Waals surface area contributed by atoms with E-state index in [1.54, 1.807) is 13.0 Å². The Morgan fingerprint density at radius 3 is 2.64 bits per heavy atom. The van der Waals surface area contributed by atoms with Crippen LogP contribution in [0.15, 0.2) is 50.7 Å². The zero-order valence-electron chi connectivity index (χ0n) is 21.8. The number of amides is 1. The molecular weight excluding hydrogens is 544 g/mol. The minimum atomic E-state index is -1.59. The number of halogens is 1. The summed E-state index contributed by atoms with van der Waals surface area (Å²) in [4.78, 5) is 45.6. The highest BCUT2D eigenvalue weighted by Crippen LogP contribution is 2.37. The van der Waals surface area contributed by atoms with Gasteiger partial charge in [0.1, 0.15) is 22.7 Å². The van der Waals surface area contributed by atoms with Crippen molar-refractivity contribution in [2.45, 2.75) is 57.9 Å². The highest BCUT2D eigenvalue weighted by Gasteiger charge is 2.35. The van der Waals surface area contributed by atoms with Crippen LogP contribution in [0.25, 0.3) is 21.0 Å². The van der Waals surface area contributed by atoms with Crippen LogP contribution in [0.5, 0.6) is 0 Å². The predicted octanol–water partition coefficient (Wildman–Crippen LogP) is 4.00. The molecule has 12 heteroatoms. The maximum atomic E-state index is 14.1. The number of thiophene rings is 1. The van der Waals surface area contributed by atoms with E-state index in [0.717, 1.165) is 4.57 Å². The van der Waals surface area contributed by atoms with Gasteiger partial charge in [0.2, 0.25) is 11.8 Å². The van der Waals surface area contributed by atoms with Crippen molar-refractivity contribution in [3.05, 3.63) is 73.7 Å². The molecule has 2 N–H and O–H groups in total. The number of aryl methyl sites for hydroxylation is 1. The van der Waals surface area contributed by atoms with E-state index in [1.165, 1.54) is 42.2 Å². The normalized spacial score (nSPS) is 15.6. The van der Waals surface area contributed by atoms with Gasteiger partial charge in [-0.3, -0.25) is 14.2 Å². The van der Waals surface area contributed by atoms with Gasteiger partial charge in [-0.05, 0) is 45.2 Å². The van der Waals surface area contributed by atoms with E-state index in [4.69, 9.17) is 31.2 Å². The number of carbonyl (C=O) groups is 1. The van der Waals surface area contributed by atoms with Gasteiger partial charge in [-0.2, -0.15) is 0 Å². The SMILES string of the molecule is Cc1c(-c2ncco2)sc2c1c(=O)n(C(C)(C)C(N)=O)c(=O)n2C[C@H](OC1CCOCC1)c1ccccc1Cl. The maximum Gasteiger partial charge on any atom is 0.333 e. The topological polar surface area (TPSA) is 132 Å². The largest absolute Gasteiger partial charge is 0.444 e. The van der Waals surface area contributed by atoms with Crippen molar-refractivity contribution in [2.24, 2.45) is 5.73 Å². The van der Waals surface area contributed by atoms with E-state index in [9.17, 15) is 14.4 Å². The molecule has 4 aromatic rings. The summed E-state index contributed by atoms with van der Waals surface area (Å²) in [5.41, 5.74) is 4.08. The summed E-state index contributed by atoms with van der Waals surface area (Å²) in [6, 6.07) is 7.30. The summed E-state index contributed by atoms with van der Waals surface area (Å²) in [5.74, 6) is -0.483. The molecule has 5 rings (SSSR count). The Labute approximate surface area is 232 Å². The van der Waals surface area contributed by atoms with Crippen LogP contribution in [0.4, 0.5) is 0 Å². The molecule has 0 saturated carbocycles. The molecule has 1 fully saturated rings. The standard InChI is InChI=1S/C27H29ClN4O6S/c1-15-20-23(33)32(27(2,3)25(29)34)26(35)31(24(20)39-21(15)22-30-10-13-37-22)14-19(17-6-4-5-7-18(17)28)38-16-8-11-36-12-9-16/h4-7,10,13,16,19H,8-9,11-12,14H2,1-3H3,(H2,29,34)/t19-/m0/s1. The molecule has 1 saturated heterocycles. The molecule has 0 radical (unpaired) electrons. The lowest BCUT2D eigenvalue weighted by Gasteiger charge is -2.30. The Hall–Kier alpha value is -3.25. The number of hydrogen-bond acceptors (Lipinski definition) is 8. The number of benzene rings is 1. The summed E-state index contributed by atoms with van der Waals surface area (Å²) < 4.78 is 20.0. The van der Waals surface area contributed by atoms with Crippen LogP contribution in [0, 0.1) is 6.92 Å². The monoisotopic (exact) mass is 572 g/mol. The first-order chi connectivity index (χ1) is 18.6. The van der Waals surface area contributed by atoms with Crippen LogP contribution in [-0.2, 0) is 26.4 Å². The zero-order chi connectivity index (χ0) is 27.9. The molecule has 39 heavy (non-hydrogen) atoms. The first-order valence-electron chi connectivity index (χ1n) is 12.6. The third-order valence-corrected chi connectivity index (χ3v) is 8.77. The van der Waals surface area contributed by atoms with Gasteiger partial charge in [0, 0.05) is 23.8 Å². The molecule has 4 heterocycles. The van der Waals surface area contributed by atoms with E-state index in [0.29, 0.717) is 57.8 Å². The van der Waals surface area contributed by atoms with Crippen LogP contribution in [0.2, 0.25) is 5.02 Å². The van der Waals surface area contributed by atoms with E-state index in [2.05, 4.69) is 4.98 Å². The first-order valence-corrected chi connectivity index (χ1v) is 13.8. The van der Waals surface area contributed by atoms with Crippen molar-refractivity contribution in [3.63, 3.8) is 0 Å². The molecule has 0 unspecified atom stereocenters. The Bertz CT molecular complexity index is 1630. The number of nitrogens with zero attached hydrogens (tertiary/aromatic N) is 3. The Balaban J connectivity index is 1.75. The second-order valence-corrected chi connectivity index (χ2v) is 11.4. The third-order valence-electron chi connectivity index (χ3n) is 7.13. The molecule has 1 aliphatic rings. The number of nitrogens with two attached hydrogens (primary N) is 1. The molecule has 10 nitrogen and oxygen atoms in total. The van der Waals surface area contributed by atoms with Crippen molar-refractivity contribution in [1.29, 1.82) is 0 Å². The molecule has 1 aromatic carbocycles. The summed E-state index contributed by atoms with van der Waals surface area (Å²) >= 11 is 7.82. The molecule has 0 spiro atoms. The zero-order valence-corrected chi connectivity index (χ0v) is 23.4. The number of hydrogen-bond donors (Lipinski definition) is 1. The fraction of sp³-hybridized carbons (Fsp3) is 0.407. The quantitative estimate of drug-likeness (QED) is 0.337. The second-order valence-electron chi connectivity index (χ2n) is 9.99. The van der Waals surface area contributed by atoms with Crippen molar-refractivity contribution < 1.29 is 18.7 Å². The van der Waals surface area contributed by atoms with Crippen LogP contribution in [0.3, 0.4) is 0 Å². The lowest BCUT2D eigenvalue weighted by atomic mass is 10.0. The van der Waals surface area contributed by atoms with E-state index >= 15 is 0 Å². The fourth-order valence-electron chi connectivity index (χ4n) is 4.81. The smallest absolute Gasteiger partial charge is 0.333 e. The van der Waals surface area contributed by atoms with Gasteiger partial charge in [0.25, 0.3) is 5.56 Å². The second kappa shape index (κ2) is 10.7. The average Bonchev–Trinajstić information content (AvgIpc) is 3.55. The van der Waals surface area contributed by atoms with Crippen LogP contribution < -0.4 is 17.0 Å². The van der Waals surface area contributed by atoms with Crippen molar-refractivity contribution in [2.75, 3.05) is 13.2 Å². The molecule has 0 bridgehead atoms. The number of ether oxygens (including phenoxy) is 2.